The van der Waals surface area contributed by atoms with Crippen LogP contribution in [0.2, 0.25) is 0 Å². The lowest BCUT2D eigenvalue weighted by molar-refractivity contribution is -0.156. The van der Waals surface area contributed by atoms with Crippen LogP contribution >= 0.6 is 7.60 Å². The average Bonchev–Trinajstić information content (AvgIpc) is 3.23. The van der Waals surface area contributed by atoms with Gasteiger partial charge < -0.3 is 13.8 Å². The van der Waals surface area contributed by atoms with Gasteiger partial charge in [0.05, 0.1) is 4.90 Å². The van der Waals surface area contributed by atoms with Crippen molar-refractivity contribution in [3.63, 3.8) is 0 Å². The van der Waals surface area contributed by atoms with Gasteiger partial charge in [-0.25, -0.2) is 8.42 Å². The number of hydrogen-bond acceptors (Lipinski definition) is 7. The van der Waals surface area contributed by atoms with Crippen LogP contribution in [-0.2, 0) is 33.0 Å². The van der Waals surface area contributed by atoms with E-state index in [9.17, 15) is 17.8 Å². The van der Waals surface area contributed by atoms with Crippen LogP contribution in [-0.4, -0.2) is 44.1 Å². The minimum atomic E-state index is -4.12. The Kier molecular flexibility index (Phi) is 5.47. The highest BCUT2D eigenvalue weighted by Gasteiger charge is 2.86. The van der Waals surface area contributed by atoms with Crippen molar-refractivity contribution in [3.8, 4) is 0 Å². The predicted octanol–water partition coefficient (Wildman–Crippen LogP) is 3.50. The third kappa shape index (κ3) is 3.27. The molecule has 0 bridgehead atoms. The quantitative estimate of drug-likeness (QED) is 0.515. The van der Waals surface area contributed by atoms with Crippen molar-refractivity contribution in [1.29, 1.82) is 0 Å². The Bertz CT molecular complexity index is 877. The molecule has 2 atom stereocenters. The van der Waals surface area contributed by atoms with Gasteiger partial charge in [0.15, 0.2) is 15.0 Å². The second-order valence-corrected chi connectivity index (χ2v) is 12.8. The van der Waals surface area contributed by atoms with E-state index < -0.39 is 38.9 Å². The molecule has 152 valence electrons. The highest BCUT2D eigenvalue weighted by atomic mass is 32.2. The summed E-state index contributed by atoms with van der Waals surface area (Å²) in [5.41, 5.74) is 0.000754. The highest BCUT2D eigenvalue weighted by molar-refractivity contribution is 7.94. The predicted molar refractivity (Wildman–Crippen MR) is 102 cm³/mol. The van der Waals surface area contributed by atoms with Gasteiger partial charge in [-0.2, -0.15) is 0 Å². The maximum Gasteiger partial charge on any atom is 0.349 e. The Morgan fingerprint density at radius 3 is 2.00 bits per heavy atom. The van der Waals surface area contributed by atoms with E-state index in [2.05, 4.69) is 0 Å². The Labute approximate surface area is 160 Å². The summed E-state index contributed by atoms with van der Waals surface area (Å²) in [5.74, 6) is -0.903. The van der Waals surface area contributed by atoms with Crippen molar-refractivity contribution in [3.05, 3.63) is 29.8 Å². The zero-order valence-electron chi connectivity index (χ0n) is 16.7. The topological polar surface area (TPSA) is 96.0 Å². The van der Waals surface area contributed by atoms with Gasteiger partial charge in [-0.05, 0) is 53.2 Å². The fraction of sp³-hybridized carbons (Fsp3) is 0.611. The molecule has 1 fully saturated rings. The maximum atomic E-state index is 13.4. The molecular formula is C18H27O7PS. The van der Waals surface area contributed by atoms with E-state index in [0.717, 1.165) is 19.8 Å². The second-order valence-electron chi connectivity index (χ2n) is 7.95. The molecule has 0 heterocycles. The summed E-state index contributed by atoms with van der Waals surface area (Å²) < 4.78 is 53.9. The van der Waals surface area contributed by atoms with Crippen molar-refractivity contribution in [1.82, 2.24) is 0 Å². The van der Waals surface area contributed by atoms with Crippen molar-refractivity contribution >= 4 is 23.4 Å². The van der Waals surface area contributed by atoms with E-state index in [4.69, 9.17) is 13.8 Å². The van der Waals surface area contributed by atoms with Crippen molar-refractivity contribution in [2.45, 2.75) is 61.4 Å². The van der Waals surface area contributed by atoms with Crippen LogP contribution in [0, 0.1) is 6.92 Å². The molecule has 0 unspecified atom stereocenters. The SMILES string of the molecule is COP(=O)(OC)[C@@]1(C(=O)OC(C)(C)C)C[C@@]1(C)S(=O)(=O)c1ccc(C)cc1. The molecule has 1 aliphatic carbocycles. The van der Waals surface area contributed by atoms with E-state index in [1.54, 1.807) is 32.9 Å². The number of ether oxygens (including phenoxy) is 1. The van der Waals surface area contributed by atoms with Gasteiger partial charge >= 0.3 is 13.6 Å². The Morgan fingerprint density at radius 2 is 1.59 bits per heavy atom. The molecule has 1 aromatic carbocycles. The van der Waals surface area contributed by atoms with E-state index in [0.29, 0.717) is 0 Å². The molecule has 27 heavy (non-hydrogen) atoms. The van der Waals surface area contributed by atoms with Crippen molar-refractivity contribution in [2.75, 3.05) is 14.2 Å². The van der Waals surface area contributed by atoms with E-state index in [-0.39, 0.29) is 11.3 Å². The lowest BCUT2D eigenvalue weighted by Crippen LogP contribution is -2.42. The summed E-state index contributed by atoms with van der Waals surface area (Å²) in [6, 6.07) is 6.28. The zero-order valence-corrected chi connectivity index (χ0v) is 18.4. The fourth-order valence-corrected chi connectivity index (χ4v) is 8.16. The van der Waals surface area contributed by atoms with Gasteiger partial charge in [-0.15, -0.1) is 0 Å². The fourth-order valence-electron chi connectivity index (χ4n) is 3.27. The van der Waals surface area contributed by atoms with Crippen LogP contribution in [0.4, 0.5) is 0 Å². The molecule has 0 spiro atoms. The van der Waals surface area contributed by atoms with Crippen LogP contribution < -0.4 is 0 Å². The number of carbonyl (C=O) groups is 1. The first-order valence-corrected chi connectivity index (χ1v) is 11.5. The minimum absolute atomic E-state index is 0.0415. The number of benzene rings is 1. The Balaban J connectivity index is 2.63. The average molecular weight is 418 g/mol. The third-order valence-corrected chi connectivity index (χ3v) is 10.4. The number of rotatable bonds is 6. The summed E-state index contributed by atoms with van der Waals surface area (Å²) >= 11 is 0. The molecule has 1 aromatic rings. The summed E-state index contributed by atoms with van der Waals surface area (Å²) in [6.45, 7) is 8.17. The Morgan fingerprint density at radius 1 is 1.11 bits per heavy atom. The first-order valence-electron chi connectivity index (χ1n) is 8.47. The van der Waals surface area contributed by atoms with Crippen LogP contribution in [0.25, 0.3) is 0 Å². The molecule has 0 amide bonds. The monoisotopic (exact) mass is 418 g/mol. The molecule has 0 radical (unpaired) electrons. The minimum Gasteiger partial charge on any atom is -0.459 e. The third-order valence-electron chi connectivity index (χ3n) is 4.95. The molecular weight excluding hydrogens is 391 g/mol. The summed E-state index contributed by atoms with van der Waals surface area (Å²) in [5, 5.41) is -1.93. The number of aryl methyl sites for hydroxylation is 1. The van der Waals surface area contributed by atoms with E-state index in [1.165, 1.54) is 19.1 Å². The number of carbonyl (C=O) groups excluding carboxylic acids is 1. The van der Waals surface area contributed by atoms with Crippen molar-refractivity contribution < 1.29 is 31.6 Å². The normalized spacial score (nSPS) is 25.9. The second kappa shape index (κ2) is 6.69. The zero-order chi connectivity index (χ0) is 20.9. The highest BCUT2D eigenvalue weighted by Crippen LogP contribution is 2.78. The molecule has 0 saturated heterocycles. The van der Waals surface area contributed by atoms with Crippen LogP contribution in [0.5, 0.6) is 0 Å². The number of esters is 1. The van der Waals surface area contributed by atoms with Crippen LogP contribution in [0.15, 0.2) is 29.2 Å². The van der Waals surface area contributed by atoms with Gasteiger partial charge in [0, 0.05) is 14.2 Å². The molecule has 0 N–H and O–H groups in total. The molecule has 1 saturated carbocycles. The standard InChI is InChI=1S/C18H27O7PS/c1-13-8-10-14(11-9-13)27(21,22)17(5)12-18(17,26(20,23-6)24-7)15(19)25-16(2,3)4/h8-11H,12H2,1-7H3/t17-,18-/m1/s1. The number of hydrogen-bond donors (Lipinski definition) is 0. The Hall–Kier alpha value is -1.21. The lowest BCUT2D eigenvalue weighted by Gasteiger charge is -2.30. The first kappa shape index (κ1) is 22.1. The smallest absolute Gasteiger partial charge is 0.349 e. The van der Waals surface area contributed by atoms with Gasteiger partial charge in [-0.1, -0.05) is 17.7 Å². The molecule has 7 nitrogen and oxygen atoms in total. The van der Waals surface area contributed by atoms with Gasteiger partial charge in [-0.3, -0.25) is 9.36 Å². The van der Waals surface area contributed by atoms with Gasteiger partial charge in [0.25, 0.3) is 0 Å². The summed E-state index contributed by atoms with van der Waals surface area (Å²) in [7, 11) is -5.88. The van der Waals surface area contributed by atoms with Gasteiger partial charge in [0.1, 0.15) is 10.3 Å². The summed E-state index contributed by atoms with van der Waals surface area (Å²) in [6.07, 6.45) is -0.218. The molecule has 1 aliphatic rings. The first-order chi connectivity index (χ1) is 12.2. The van der Waals surface area contributed by atoms with Crippen molar-refractivity contribution in [2.24, 2.45) is 0 Å². The van der Waals surface area contributed by atoms with Crippen LogP contribution in [0.1, 0.15) is 39.7 Å². The largest absolute Gasteiger partial charge is 0.459 e. The van der Waals surface area contributed by atoms with E-state index >= 15 is 0 Å². The number of sulfone groups is 1. The van der Waals surface area contributed by atoms with Gasteiger partial charge in [0.2, 0.25) is 0 Å². The molecule has 0 aromatic heterocycles. The van der Waals surface area contributed by atoms with Crippen LogP contribution in [0.3, 0.4) is 0 Å². The molecule has 9 heteroatoms. The summed E-state index contributed by atoms with van der Waals surface area (Å²) in [4.78, 5) is 13.1. The molecule has 0 aliphatic heterocycles. The lowest BCUT2D eigenvalue weighted by atomic mass is 10.2. The molecule has 2 rings (SSSR count). The van der Waals surface area contributed by atoms with E-state index in [1.807, 2.05) is 6.92 Å². The maximum absolute atomic E-state index is 13.4.